The molecule has 1 amide bonds. The summed E-state index contributed by atoms with van der Waals surface area (Å²) < 4.78 is 41.2. The number of unbranched alkanes of at least 4 members (excludes halogenated alkanes) is 1. The number of hydrogen-bond donors (Lipinski definition) is 2. The summed E-state index contributed by atoms with van der Waals surface area (Å²) in [6, 6.07) is 16.4. The zero-order valence-corrected chi connectivity index (χ0v) is 20.8. The number of halogens is 4. The lowest BCUT2D eigenvalue weighted by Gasteiger charge is -2.22. The normalized spacial score (nSPS) is 12.3. The van der Waals surface area contributed by atoms with Gasteiger partial charge < -0.3 is 10.4 Å². The molecule has 6 nitrogen and oxygen atoms in total. The third-order valence-corrected chi connectivity index (χ3v) is 6.16. The van der Waals surface area contributed by atoms with Gasteiger partial charge in [-0.05, 0) is 55.2 Å². The topological polar surface area (TPSA) is 92.2 Å². The van der Waals surface area contributed by atoms with Crippen molar-refractivity contribution < 1.29 is 27.9 Å². The van der Waals surface area contributed by atoms with E-state index in [2.05, 4.69) is 10.3 Å². The Balaban J connectivity index is 1.67. The van der Waals surface area contributed by atoms with Crippen molar-refractivity contribution in [3.8, 4) is 11.3 Å². The van der Waals surface area contributed by atoms with E-state index in [0.717, 1.165) is 5.56 Å². The van der Waals surface area contributed by atoms with Gasteiger partial charge in [-0.3, -0.25) is 9.59 Å². The van der Waals surface area contributed by atoms with Gasteiger partial charge in [0.2, 0.25) is 0 Å². The van der Waals surface area contributed by atoms with E-state index in [1.54, 1.807) is 30.3 Å². The molecule has 4 aromatic rings. The maximum Gasteiger partial charge on any atom is 0.412 e. The fraction of sp³-hybridized carbons (Fsp3) is 0.214. The second kappa shape index (κ2) is 11.6. The SMILES string of the molecule is O=C(O)CCCCc1nc2cc(C(=O)N[C@@H](c3ccccc3)C(F)(F)F)ccc2nc1-c1ccc(Cl)cc1. The van der Waals surface area contributed by atoms with Gasteiger partial charge in [0.25, 0.3) is 5.91 Å². The third-order valence-electron chi connectivity index (χ3n) is 5.91. The Kier molecular flexibility index (Phi) is 8.26. The zero-order chi connectivity index (χ0) is 27.3. The van der Waals surface area contributed by atoms with Crippen LogP contribution in [0.2, 0.25) is 5.02 Å². The summed E-state index contributed by atoms with van der Waals surface area (Å²) >= 11 is 6.02. The maximum absolute atomic E-state index is 13.7. The minimum Gasteiger partial charge on any atom is -0.481 e. The second-order valence-corrected chi connectivity index (χ2v) is 9.13. The molecule has 2 N–H and O–H groups in total. The number of carbonyl (C=O) groups is 2. The number of fused-ring (bicyclic) bond motifs is 1. The molecule has 0 unspecified atom stereocenters. The van der Waals surface area contributed by atoms with E-state index in [1.165, 1.54) is 42.5 Å². The highest BCUT2D eigenvalue weighted by Gasteiger charge is 2.42. The number of carbonyl (C=O) groups excluding carboxylic acids is 1. The van der Waals surface area contributed by atoms with Crippen LogP contribution in [0.1, 0.15) is 46.9 Å². The molecule has 0 saturated carbocycles. The third kappa shape index (κ3) is 6.66. The number of aryl methyl sites for hydroxylation is 1. The predicted octanol–water partition coefficient (Wildman–Crippen LogP) is 6.78. The van der Waals surface area contributed by atoms with Crippen molar-refractivity contribution in [1.29, 1.82) is 0 Å². The molecule has 3 aromatic carbocycles. The minimum atomic E-state index is -4.69. The van der Waals surface area contributed by atoms with Crippen LogP contribution in [-0.4, -0.2) is 33.1 Å². The number of aromatic nitrogens is 2. The van der Waals surface area contributed by atoms with Gasteiger partial charge >= 0.3 is 12.1 Å². The van der Waals surface area contributed by atoms with Gasteiger partial charge in [-0.1, -0.05) is 54.1 Å². The molecular formula is C28H23ClF3N3O3. The Morgan fingerprint density at radius 2 is 1.63 bits per heavy atom. The number of hydrogen-bond acceptors (Lipinski definition) is 4. The van der Waals surface area contributed by atoms with Crippen LogP contribution in [0, 0.1) is 0 Å². The first-order valence-electron chi connectivity index (χ1n) is 11.8. The zero-order valence-electron chi connectivity index (χ0n) is 20.0. The summed E-state index contributed by atoms with van der Waals surface area (Å²) in [5.41, 5.74) is 2.65. The van der Waals surface area contributed by atoms with E-state index in [1.807, 2.05) is 0 Å². The van der Waals surface area contributed by atoms with Crippen molar-refractivity contribution in [2.24, 2.45) is 0 Å². The standard InChI is InChI=1S/C28H23ClF3N3O3/c29-20-13-10-17(11-14-20)25-22(8-4-5-9-24(36)37)33-23-16-19(12-15-21(23)34-25)27(38)35-26(28(30,31)32)18-6-2-1-3-7-18/h1-3,6-7,10-16,26H,4-5,8-9H2,(H,35,38)(H,36,37)/t26-/m0/s1. The molecule has 1 aromatic heterocycles. The van der Waals surface area contributed by atoms with E-state index < -0.39 is 24.1 Å². The number of amides is 1. The molecule has 0 aliphatic carbocycles. The lowest BCUT2D eigenvalue weighted by atomic mass is 10.0. The summed E-state index contributed by atoms with van der Waals surface area (Å²) in [4.78, 5) is 33.1. The molecule has 0 radical (unpaired) electrons. The lowest BCUT2D eigenvalue weighted by molar-refractivity contribution is -0.155. The Morgan fingerprint density at radius 3 is 2.29 bits per heavy atom. The van der Waals surface area contributed by atoms with Crippen molar-refractivity contribution in [2.45, 2.75) is 37.9 Å². The number of rotatable bonds is 9. The number of nitrogens with one attached hydrogen (secondary N) is 1. The smallest absolute Gasteiger partial charge is 0.412 e. The summed E-state index contributed by atoms with van der Waals surface area (Å²) in [6.07, 6.45) is -3.27. The fourth-order valence-electron chi connectivity index (χ4n) is 4.03. The summed E-state index contributed by atoms with van der Waals surface area (Å²) in [6.45, 7) is 0. The van der Waals surface area contributed by atoms with Crippen molar-refractivity contribution in [3.05, 3.63) is 94.6 Å². The van der Waals surface area contributed by atoms with Crippen LogP contribution >= 0.6 is 11.6 Å². The monoisotopic (exact) mass is 541 g/mol. The van der Waals surface area contributed by atoms with E-state index in [-0.39, 0.29) is 17.5 Å². The van der Waals surface area contributed by atoms with E-state index in [4.69, 9.17) is 21.7 Å². The van der Waals surface area contributed by atoms with Crippen LogP contribution in [0.25, 0.3) is 22.3 Å². The Hall–Kier alpha value is -3.98. The molecule has 1 atom stereocenters. The largest absolute Gasteiger partial charge is 0.481 e. The molecule has 0 aliphatic heterocycles. The average Bonchev–Trinajstić information content (AvgIpc) is 2.89. The Labute approximate surface area is 221 Å². The summed E-state index contributed by atoms with van der Waals surface area (Å²) in [5.74, 6) is -1.79. The van der Waals surface area contributed by atoms with Gasteiger partial charge in [-0.2, -0.15) is 13.2 Å². The first-order chi connectivity index (χ1) is 18.1. The number of carboxylic acids is 1. The molecule has 1 heterocycles. The van der Waals surface area contributed by atoms with Crippen LogP contribution in [0.5, 0.6) is 0 Å². The molecule has 4 rings (SSSR count). The molecule has 0 fully saturated rings. The lowest BCUT2D eigenvalue weighted by Crippen LogP contribution is -2.38. The van der Waals surface area contributed by atoms with E-state index in [0.29, 0.717) is 46.7 Å². The van der Waals surface area contributed by atoms with Gasteiger partial charge in [0.05, 0.1) is 22.4 Å². The number of aliphatic carboxylic acids is 1. The molecule has 38 heavy (non-hydrogen) atoms. The quantitative estimate of drug-likeness (QED) is 0.228. The molecule has 0 spiro atoms. The number of nitrogens with zero attached hydrogens (tertiary/aromatic N) is 2. The van der Waals surface area contributed by atoms with Crippen molar-refractivity contribution in [2.75, 3.05) is 0 Å². The second-order valence-electron chi connectivity index (χ2n) is 8.69. The average molecular weight is 542 g/mol. The first kappa shape index (κ1) is 27.1. The van der Waals surface area contributed by atoms with Crippen molar-refractivity contribution in [3.63, 3.8) is 0 Å². The van der Waals surface area contributed by atoms with Crippen LogP contribution in [0.4, 0.5) is 13.2 Å². The Bertz CT molecular complexity index is 1450. The van der Waals surface area contributed by atoms with Gasteiger partial charge in [-0.15, -0.1) is 0 Å². The maximum atomic E-state index is 13.7. The number of alkyl halides is 3. The molecule has 0 saturated heterocycles. The molecule has 196 valence electrons. The highest BCUT2D eigenvalue weighted by molar-refractivity contribution is 6.30. The highest BCUT2D eigenvalue weighted by atomic mass is 35.5. The Morgan fingerprint density at radius 1 is 0.921 bits per heavy atom. The molecule has 0 bridgehead atoms. The van der Waals surface area contributed by atoms with Gasteiger partial charge in [0, 0.05) is 22.6 Å². The van der Waals surface area contributed by atoms with Gasteiger partial charge in [0.15, 0.2) is 6.04 Å². The minimum absolute atomic E-state index is 0.00745. The first-order valence-corrected chi connectivity index (χ1v) is 12.2. The van der Waals surface area contributed by atoms with E-state index >= 15 is 0 Å². The molecule has 10 heteroatoms. The number of benzene rings is 3. The van der Waals surface area contributed by atoms with Crippen molar-refractivity contribution in [1.82, 2.24) is 15.3 Å². The highest BCUT2D eigenvalue weighted by Crippen LogP contribution is 2.33. The van der Waals surface area contributed by atoms with E-state index in [9.17, 15) is 22.8 Å². The molecular weight excluding hydrogens is 519 g/mol. The summed E-state index contributed by atoms with van der Waals surface area (Å²) in [5, 5.41) is 11.6. The van der Waals surface area contributed by atoms with Crippen LogP contribution < -0.4 is 5.32 Å². The van der Waals surface area contributed by atoms with Gasteiger partial charge in [0.1, 0.15) is 0 Å². The fourth-order valence-corrected chi connectivity index (χ4v) is 4.15. The van der Waals surface area contributed by atoms with Crippen LogP contribution in [0.3, 0.4) is 0 Å². The predicted molar refractivity (Wildman–Crippen MR) is 138 cm³/mol. The van der Waals surface area contributed by atoms with Crippen LogP contribution in [0.15, 0.2) is 72.8 Å². The van der Waals surface area contributed by atoms with Crippen molar-refractivity contribution >= 4 is 34.5 Å². The molecule has 0 aliphatic rings. The van der Waals surface area contributed by atoms with Gasteiger partial charge in [-0.25, -0.2) is 9.97 Å². The van der Waals surface area contributed by atoms with Crippen LogP contribution in [-0.2, 0) is 11.2 Å². The summed E-state index contributed by atoms with van der Waals surface area (Å²) in [7, 11) is 0. The number of carboxylic acid groups (broad SMARTS) is 1.